The van der Waals surface area contributed by atoms with Gasteiger partial charge >= 0.3 is 29.6 Å². The van der Waals surface area contributed by atoms with E-state index < -0.39 is 11.5 Å². The van der Waals surface area contributed by atoms with Gasteiger partial charge in [0.2, 0.25) is 0 Å². The molecule has 0 aromatic carbocycles. The molecule has 4 nitrogen and oxygen atoms in total. The SMILES string of the molecule is CC(C)(C(=O)[O-])n1cccn1.[Na+]. The summed E-state index contributed by atoms with van der Waals surface area (Å²) in [4.78, 5) is 10.5. The summed E-state index contributed by atoms with van der Waals surface area (Å²) < 4.78 is 1.35. The maximum Gasteiger partial charge on any atom is 1.00 e. The number of hydrogen-bond donors (Lipinski definition) is 0. The molecule has 0 N–H and O–H groups in total. The van der Waals surface area contributed by atoms with Crippen molar-refractivity contribution in [1.82, 2.24) is 9.78 Å². The van der Waals surface area contributed by atoms with Crippen molar-refractivity contribution in [2.75, 3.05) is 0 Å². The molecule has 0 saturated heterocycles. The molecule has 0 fully saturated rings. The summed E-state index contributed by atoms with van der Waals surface area (Å²) in [5.74, 6) is -1.14. The summed E-state index contributed by atoms with van der Waals surface area (Å²) in [6, 6.07) is 1.67. The van der Waals surface area contributed by atoms with E-state index in [4.69, 9.17) is 0 Å². The maximum atomic E-state index is 10.5. The van der Waals surface area contributed by atoms with Gasteiger partial charge in [0.25, 0.3) is 0 Å². The monoisotopic (exact) mass is 176 g/mol. The molecule has 12 heavy (non-hydrogen) atoms. The topological polar surface area (TPSA) is 57.9 Å². The maximum absolute atomic E-state index is 10.5. The van der Waals surface area contributed by atoms with Crippen molar-refractivity contribution in [3.8, 4) is 0 Å². The van der Waals surface area contributed by atoms with Gasteiger partial charge in [0.15, 0.2) is 0 Å². The van der Waals surface area contributed by atoms with Crippen LogP contribution in [-0.2, 0) is 10.3 Å². The van der Waals surface area contributed by atoms with Gasteiger partial charge in [-0.15, -0.1) is 0 Å². The van der Waals surface area contributed by atoms with Crippen LogP contribution in [0.25, 0.3) is 0 Å². The first-order valence-corrected chi connectivity index (χ1v) is 3.26. The van der Waals surface area contributed by atoms with Gasteiger partial charge in [-0.2, -0.15) is 5.10 Å². The average molecular weight is 176 g/mol. The van der Waals surface area contributed by atoms with Crippen molar-refractivity contribution in [1.29, 1.82) is 0 Å². The molecular weight excluding hydrogens is 167 g/mol. The second kappa shape index (κ2) is 4.07. The number of rotatable bonds is 2. The Labute approximate surface area is 92.9 Å². The van der Waals surface area contributed by atoms with Crippen LogP contribution in [0, 0.1) is 0 Å². The van der Waals surface area contributed by atoms with E-state index >= 15 is 0 Å². The van der Waals surface area contributed by atoms with Crippen molar-refractivity contribution < 1.29 is 39.5 Å². The summed E-state index contributed by atoms with van der Waals surface area (Å²) in [5.41, 5.74) is -1.07. The molecule has 5 heteroatoms. The third-order valence-corrected chi connectivity index (χ3v) is 1.58. The Bertz CT molecular complexity index is 256. The van der Waals surface area contributed by atoms with Crippen molar-refractivity contribution in [3.63, 3.8) is 0 Å². The predicted molar refractivity (Wildman–Crippen MR) is 36.6 cm³/mol. The number of carbonyl (C=O) groups is 1. The standard InChI is InChI=1S/C7H10N2O2.Na/c1-7(2,6(10)11)9-5-3-4-8-9;/h3-5H,1-2H3,(H,10,11);/q;+1/p-1. The van der Waals surface area contributed by atoms with Crippen LogP contribution >= 0.6 is 0 Å². The van der Waals surface area contributed by atoms with Crippen molar-refractivity contribution in [3.05, 3.63) is 18.5 Å². The Kier molecular flexibility index (Phi) is 3.96. The molecule has 1 heterocycles. The van der Waals surface area contributed by atoms with Gasteiger partial charge in [-0.1, -0.05) is 0 Å². The molecule has 0 aliphatic rings. The second-order valence-corrected chi connectivity index (χ2v) is 2.80. The van der Waals surface area contributed by atoms with Gasteiger partial charge in [0.1, 0.15) is 0 Å². The minimum absolute atomic E-state index is 0. The molecule has 0 aliphatic heterocycles. The fraction of sp³-hybridized carbons (Fsp3) is 0.429. The first-order chi connectivity index (χ1) is 5.05. The molecule has 0 unspecified atom stereocenters. The van der Waals surface area contributed by atoms with Gasteiger partial charge in [-0.3, -0.25) is 4.68 Å². The molecule has 1 aromatic rings. The smallest absolute Gasteiger partial charge is 0.548 e. The van der Waals surface area contributed by atoms with Crippen LogP contribution in [0.4, 0.5) is 0 Å². The van der Waals surface area contributed by atoms with Gasteiger partial charge in [-0.25, -0.2) is 0 Å². The van der Waals surface area contributed by atoms with Gasteiger partial charge in [0, 0.05) is 12.4 Å². The predicted octanol–water partition coefficient (Wildman–Crippen LogP) is -3.63. The van der Waals surface area contributed by atoms with Crippen molar-refractivity contribution in [2.45, 2.75) is 19.4 Å². The van der Waals surface area contributed by atoms with E-state index in [1.54, 1.807) is 12.3 Å². The van der Waals surface area contributed by atoms with E-state index in [-0.39, 0.29) is 29.6 Å². The van der Waals surface area contributed by atoms with E-state index in [0.29, 0.717) is 0 Å². The van der Waals surface area contributed by atoms with Gasteiger partial charge in [0.05, 0.1) is 11.5 Å². The molecule has 0 amide bonds. The minimum Gasteiger partial charge on any atom is -0.548 e. The van der Waals surface area contributed by atoms with Crippen molar-refractivity contribution in [2.24, 2.45) is 0 Å². The Hall–Kier alpha value is -0.320. The molecule has 0 bridgehead atoms. The first-order valence-electron chi connectivity index (χ1n) is 3.26. The molecule has 0 atom stereocenters. The van der Waals surface area contributed by atoms with Crippen LogP contribution in [0.15, 0.2) is 18.5 Å². The number of carboxylic acids is 1. The number of nitrogens with zero attached hydrogens (tertiary/aromatic N) is 2. The van der Waals surface area contributed by atoms with Crippen LogP contribution in [0.2, 0.25) is 0 Å². The number of carboxylic acid groups (broad SMARTS) is 1. The zero-order valence-corrected chi connectivity index (χ0v) is 9.44. The van der Waals surface area contributed by atoms with E-state index in [1.807, 2.05) is 0 Å². The molecular formula is C7H9N2NaO2. The molecule has 60 valence electrons. The molecule has 1 aromatic heterocycles. The summed E-state index contributed by atoms with van der Waals surface area (Å²) in [5, 5.41) is 14.4. The number of aromatic nitrogens is 2. The summed E-state index contributed by atoms with van der Waals surface area (Å²) in [7, 11) is 0. The quantitative estimate of drug-likeness (QED) is 0.437. The fourth-order valence-electron chi connectivity index (χ4n) is 0.693. The third kappa shape index (κ3) is 2.09. The van der Waals surface area contributed by atoms with E-state index in [9.17, 15) is 9.90 Å². The van der Waals surface area contributed by atoms with Crippen LogP contribution in [0.5, 0.6) is 0 Å². The zero-order chi connectivity index (χ0) is 8.48. The number of hydrogen-bond acceptors (Lipinski definition) is 3. The summed E-state index contributed by atoms with van der Waals surface area (Å²) in [6.45, 7) is 3.07. The van der Waals surface area contributed by atoms with Crippen LogP contribution in [-0.4, -0.2) is 15.7 Å². The minimum atomic E-state index is -1.14. The Morgan fingerprint density at radius 2 is 2.17 bits per heavy atom. The van der Waals surface area contributed by atoms with E-state index in [0.717, 1.165) is 0 Å². The summed E-state index contributed by atoms with van der Waals surface area (Å²) >= 11 is 0. The number of carbonyl (C=O) groups excluding carboxylic acids is 1. The van der Waals surface area contributed by atoms with E-state index in [1.165, 1.54) is 24.7 Å². The van der Waals surface area contributed by atoms with Crippen LogP contribution in [0.1, 0.15) is 13.8 Å². The van der Waals surface area contributed by atoms with E-state index in [2.05, 4.69) is 5.10 Å². The molecule has 1 rings (SSSR count). The molecule has 0 aliphatic carbocycles. The van der Waals surface area contributed by atoms with Crippen molar-refractivity contribution >= 4 is 5.97 Å². The van der Waals surface area contributed by atoms with Crippen LogP contribution < -0.4 is 34.7 Å². The molecule has 0 saturated carbocycles. The zero-order valence-electron chi connectivity index (χ0n) is 7.44. The Morgan fingerprint density at radius 1 is 1.58 bits per heavy atom. The van der Waals surface area contributed by atoms with Gasteiger partial charge < -0.3 is 9.90 Å². The molecule has 0 spiro atoms. The normalized spacial score (nSPS) is 10.5. The summed E-state index contributed by atoms with van der Waals surface area (Å²) in [6.07, 6.45) is 3.13. The third-order valence-electron chi connectivity index (χ3n) is 1.58. The Balaban J connectivity index is 0.00000121. The largest absolute Gasteiger partial charge is 1.00 e. The van der Waals surface area contributed by atoms with Crippen LogP contribution in [0.3, 0.4) is 0 Å². The second-order valence-electron chi connectivity index (χ2n) is 2.80. The molecule has 0 radical (unpaired) electrons. The first kappa shape index (κ1) is 11.7. The Morgan fingerprint density at radius 3 is 2.50 bits per heavy atom. The fourth-order valence-corrected chi connectivity index (χ4v) is 0.693. The number of aliphatic carboxylic acids is 1. The van der Waals surface area contributed by atoms with Gasteiger partial charge in [-0.05, 0) is 19.9 Å². The average Bonchev–Trinajstić information content (AvgIpc) is 2.37.